The van der Waals surface area contributed by atoms with E-state index in [9.17, 15) is 35.9 Å². The van der Waals surface area contributed by atoms with Crippen LogP contribution in [0.15, 0.2) is 53.0 Å². The lowest BCUT2D eigenvalue weighted by Crippen LogP contribution is -2.45. The number of allylic oxidation sites excluding steroid dienone is 1. The Balaban J connectivity index is 1.71. The van der Waals surface area contributed by atoms with Crippen molar-refractivity contribution in [2.75, 3.05) is 5.32 Å². The fourth-order valence-corrected chi connectivity index (χ4v) is 5.08. The Morgan fingerprint density at radius 2 is 1.67 bits per heavy atom. The molecule has 1 amide bonds. The van der Waals surface area contributed by atoms with Crippen molar-refractivity contribution in [1.82, 2.24) is 15.2 Å². The van der Waals surface area contributed by atoms with E-state index in [0.717, 1.165) is 0 Å². The number of nitrogens with one attached hydrogen (secondary N) is 1. The van der Waals surface area contributed by atoms with Gasteiger partial charge in [0.15, 0.2) is 11.5 Å². The van der Waals surface area contributed by atoms with Crippen molar-refractivity contribution in [1.29, 1.82) is 0 Å². The van der Waals surface area contributed by atoms with Crippen molar-refractivity contribution in [2.45, 2.75) is 83.0 Å². The molecule has 4 bridgehead atoms. The summed E-state index contributed by atoms with van der Waals surface area (Å²) in [7, 11) is 0. The number of alkyl halides is 6. The highest BCUT2D eigenvalue weighted by Crippen LogP contribution is 2.54. The highest BCUT2D eigenvalue weighted by molar-refractivity contribution is 6.03. The van der Waals surface area contributed by atoms with Gasteiger partial charge in [-0.05, 0) is 58.1 Å². The number of Topliss-reactive ketones (excluding diaryl/α,β-unsaturated/α-hetero) is 1. The molecule has 1 aliphatic carbocycles. The SMILES string of the molecule is CC(C)(C)OC(=O)Nc1cc(C(F)(F)F)c2nc1-c1nnc(o1)C(OCc1ccccc1)(C(F)(F)F)C/C=C/CCC1(CC1)C2=O. The molecule has 1 saturated carbocycles. The van der Waals surface area contributed by atoms with E-state index in [2.05, 4.69) is 20.5 Å². The molecule has 15 heteroatoms. The molecule has 46 heavy (non-hydrogen) atoms. The molecule has 1 N–H and O–H groups in total. The summed E-state index contributed by atoms with van der Waals surface area (Å²) in [6.45, 7) is 4.04. The maximum Gasteiger partial charge on any atom is 0.426 e. The number of hydrogen-bond acceptors (Lipinski definition) is 8. The smallest absolute Gasteiger partial charge is 0.426 e. The lowest BCUT2D eigenvalue weighted by atomic mass is 9.89. The summed E-state index contributed by atoms with van der Waals surface area (Å²) in [5.74, 6) is -2.72. The minimum atomic E-state index is -5.11. The molecule has 246 valence electrons. The zero-order valence-corrected chi connectivity index (χ0v) is 25.0. The van der Waals surface area contributed by atoms with E-state index in [1.807, 2.05) is 0 Å². The summed E-state index contributed by atoms with van der Waals surface area (Å²) in [4.78, 5) is 30.3. The lowest BCUT2D eigenvalue weighted by molar-refractivity contribution is -0.295. The van der Waals surface area contributed by atoms with E-state index in [-0.39, 0.29) is 25.7 Å². The second-order valence-corrected chi connectivity index (χ2v) is 12.2. The van der Waals surface area contributed by atoms with Crippen LogP contribution in [0.1, 0.15) is 80.4 Å². The first-order valence-electron chi connectivity index (χ1n) is 14.4. The quantitative estimate of drug-likeness (QED) is 0.222. The van der Waals surface area contributed by atoms with Crippen LogP contribution < -0.4 is 5.32 Å². The first-order valence-corrected chi connectivity index (χ1v) is 14.4. The van der Waals surface area contributed by atoms with Gasteiger partial charge < -0.3 is 13.9 Å². The zero-order chi connectivity index (χ0) is 33.5. The number of aromatic nitrogens is 3. The molecular formula is C31H30F6N4O5. The molecule has 0 radical (unpaired) electrons. The number of hydrogen-bond donors (Lipinski definition) is 1. The van der Waals surface area contributed by atoms with E-state index in [4.69, 9.17) is 13.9 Å². The summed E-state index contributed by atoms with van der Waals surface area (Å²) in [5.41, 5.74) is -8.76. The second-order valence-electron chi connectivity index (χ2n) is 12.2. The van der Waals surface area contributed by atoms with Crippen molar-refractivity contribution < 1.29 is 49.8 Å². The Morgan fingerprint density at radius 3 is 2.28 bits per heavy atom. The van der Waals surface area contributed by atoms with Crippen molar-refractivity contribution in [3.05, 3.63) is 71.3 Å². The highest BCUT2D eigenvalue weighted by Gasteiger charge is 2.61. The molecule has 2 aromatic heterocycles. The van der Waals surface area contributed by atoms with Crippen LogP contribution in [0, 0.1) is 5.41 Å². The number of anilines is 1. The molecule has 1 unspecified atom stereocenters. The number of pyridine rings is 1. The van der Waals surface area contributed by atoms with E-state index >= 15 is 0 Å². The van der Waals surface area contributed by atoms with Crippen molar-refractivity contribution in [3.63, 3.8) is 0 Å². The average Bonchev–Trinajstić information content (AvgIpc) is 3.58. The standard InChI is InChI=1S/C31H30F6N4O5/c1-27(2,3)46-26(43)38-20-16-19(30(32,33)34)21-23(42)28(14-15-28)12-8-5-9-13-29(31(35,36)37,44-17-18-10-6-4-7-11-18)25-41-40-24(45-25)22(20)39-21/h4-7,9-11,16H,8,12-15,17H2,1-3H3,(H,38,43)/b9-5+. The van der Waals surface area contributed by atoms with Crippen LogP contribution in [-0.4, -0.2) is 38.8 Å². The molecule has 1 fully saturated rings. The number of carbonyl (C=O) groups is 2. The predicted octanol–water partition coefficient (Wildman–Crippen LogP) is 8.17. The Kier molecular flexibility index (Phi) is 8.51. The summed E-state index contributed by atoms with van der Waals surface area (Å²) >= 11 is 0. The maximum absolute atomic E-state index is 15.0. The first kappa shape index (κ1) is 33.1. The third-order valence-corrected chi connectivity index (χ3v) is 7.63. The van der Waals surface area contributed by atoms with E-state index in [1.54, 1.807) is 30.3 Å². The van der Waals surface area contributed by atoms with Crippen LogP contribution in [0.2, 0.25) is 0 Å². The van der Waals surface area contributed by atoms with E-state index < -0.39 is 88.3 Å². The number of fused-ring (bicyclic) bond motifs is 5. The third kappa shape index (κ3) is 6.78. The number of rotatable bonds is 4. The maximum atomic E-state index is 15.0. The van der Waals surface area contributed by atoms with Gasteiger partial charge in [0, 0.05) is 11.8 Å². The molecule has 3 heterocycles. The van der Waals surface area contributed by atoms with Crippen molar-refractivity contribution in [2.24, 2.45) is 5.41 Å². The molecule has 9 nitrogen and oxygen atoms in total. The number of halogens is 6. The molecule has 1 atom stereocenters. The molecule has 5 rings (SSSR count). The number of ether oxygens (including phenoxy) is 2. The lowest BCUT2D eigenvalue weighted by Gasteiger charge is -2.31. The molecule has 1 spiro atoms. The Bertz CT molecular complexity index is 1640. The van der Waals surface area contributed by atoms with Gasteiger partial charge in [-0.2, -0.15) is 26.3 Å². The monoisotopic (exact) mass is 652 g/mol. The molecule has 3 aromatic rings. The first-order chi connectivity index (χ1) is 21.4. The van der Waals surface area contributed by atoms with Gasteiger partial charge in [0.05, 0.1) is 17.9 Å². The van der Waals surface area contributed by atoms with Crippen LogP contribution in [0.25, 0.3) is 11.6 Å². The summed E-state index contributed by atoms with van der Waals surface area (Å²) in [6, 6.07) is 8.53. The fourth-order valence-electron chi connectivity index (χ4n) is 5.08. The number of benzene rings is 1. The van der Waals surface area contributed by atoms with Crippen LogP contribution in [-0.2, 0) is 27.9 Å². The van der Waals surface area contributed by atoms with Crippen LogP contribution in [0.4, 0.5) is 36.8 Å². The molecule has 2 aliphatic rings. The largest absolute Gasteiger partial charge is 0.444 e. The molecule has 0 saturated heterocycles. The minimum absolute atomic E-state index is 0.0802. The Labute approximate surface area is 259 Å². The van der Waals surface area contributed by atoms with Crippen LogP contribution in [0.5, 0.6) is 0 Å². The van der Waals surface area contributed by atoms with Gasteiger partial charge >= 0.3 is 18.4 Å². The number of nitrogens with zero attached hydrogens (tertiary/aromatic N) is 3. The number of amides is 1. The average molecular weight is 653 g/mol. The number of carbonyl (C=O) groups excluding carboxylic acids is 2. The highest BCUT2D eigenvalue weighted by atomic mass is 19.4. The van der Waals surface area contributed by atoms with E-state index in [1.165, 1.54) is 32.9 Å². The zero-order valence-electron chi connectivity index (χ0n) is 25.0. The van der Waals surface area contributed by atoms with Crippen LogP contribution in [0.3, 0.4) is 0 Å². The Morgan fingerprint density at radius 1 is 0.978 bits per heavy atom. The van der Waals surface area contributed by atoms with Gasteiger partial charge in [0.2, 0.25) is 5.60 Å². The van der Waals surface area contributed by atoms with Gasteiger partial charge in [-0.25, -0.2) is 9.78 Å². The van der Waals surface area contributed by atoms with Crippen LogP contribution >= 0.6 is 0 Å². The molecule has 1 aliphatic heterocycles. The van der Waals surface area contributed by atoms with Gasteiger partial charge in [0.25, 0.3) is 11.8 Å². The normalized spacial score (nSPS) is 20.6. The third-order valence-electron chi connectivity index (χ3n) is 7.63. The van der Waals surface area contributed by atoms with Gasteiger partial charge in [-0.1, -0.05) is 42.5 Å². The van der Waals surface area contributed by atoms with Gasteiger partial charge in [0.1, 0.15) is 11.3 Å². The van der Waals surface area contributed by atoms with Gasteiger partial charge in [-0.3, -0.25) is 10.1 Å². The molecule has 1 aromatic carbocycles. The second kappa shape index (κ2) is 11.8. The summed E-state index contributed by atoms with van der Waals surface area (Å²) in [6.07, 6.45) is -8.86. The topological polar surface area (TPSA) is 116 Å². The minimum Gasteiger partial charge on any atom is -0.444 e. The summed E-state index contributed by atoms with van der Waals surface area (Å²) in [5, 5.41) is 9.45. The van der Waals surface area contributed by atoms with Gasteiger partial charge in [-0.15, -0.1) is 10.2 Å². The van der Waals surface area contributed by atoms with Crippen molar-refractivity contribution in [3.8, 4) is 11.6 Å². The predicted molar refractivity (Wildman–Crippen MR) is 150 cm³/mol. The van der Waals surface area contributed by atoms with Crippen molar-refractivity contribution >= 4 is 17.6 Å². The Hall–Kier alpha value is -4.27. The fraction of sp³-hybridized carbons (Fsp3) is 0.452. The van der Waals surface area contributed by atoms with E-state index in [0.29, 0.717) is 11.6 Å². The summed E-state index contributed by atoms with van der Waals surface area (Å²) < 4.78 is 104. The molecular weight excluding hydrogens is 622 g/mol. The number of ketones is 1.